The normalized spacial score (nSPS) is 13.9. The molecule has 0 fully saturated rings. The summed E-state index contributed by atoms with van der Waals surface area (Å²) in [6, 6.07) is 0. The molecule has 1 unspecified atom stereocenters. The summed E-state index contributed by atoms with van der Waals surface area (Å²) in [4.78, 5) is 26.2. The Labute approximate surface area is 109 Å². The van der Waals surface area contributed by atoms with Gasteiger partial charge in [0.25, 0.3) is 0 Å². The standard InChI is InChI=1S/C11H17N3O3S/c1-3-11(2,12)10(17)13-5-4-8-14-7(6-18-8)9(15)16/h6H,3-5,12H2,1-2H3,(H,13,17)(H,15,16). The number of thiazole rings is 1. The predicted octanol–water partition coefficient (Wildman–Crippen LogP) is 0.627. The summed E-state index contributed by atoms with van der Waals surface area (Å²) in [6.07, 6.45) is 1.06. The highest BCUT2D eigenvalue weighted by Gasteiger charge is 2.25. The van der Waals surface area contributed by atoms with Crippen LogP contribution in [0.3, 0.4) is 0 Å². The van der Waals surface area contributed by atoms with E-state index in [-0.39, 0.29) is 11.6 Å². The fourth-order valence-corrected chi connectivity index (χ4v) is 1.94. The minimum absolute atomic E-state index is 0.0403. The van der Waals surface area contributed by atoms with Crippen molar-refractivity contribution in [2.45, 2.75) is 32.2 Å². The van der Waals surface area contributed by atoms with Crippen molar-refractivity contribution in [1.82, 2.24) is 10.3 Å². The minimum atomic E-state index is -1.04. The summed E-state index contributed by atoms with van der Waals surface area (Å²) >= 11 is 1.27. The number of hydrogen-bond donors (Lipinski definition) is 3. The van der Waals surface area contributed by atoms with Crippen molar-refractivity contribution in [1.29, 1.82) is 0 Å². The molecule has 1 aromatic heterocycles. The van der Waals surface area contributed by atoms with Crippen molar-refractivity contribution in [2.75, 3.05) is 6.54 Å². The number of nitrogens with zero attached hydrogens (tertiary/aromatic N) is 1. The molecule has 4 N–H and O–H groups in total. The van der Waals surface area contributed by atoms with Crippen LogP contribution in [0.2, 0.25) is 0 Å². The topological polar surface area (TPSA) is 105 Å². The molecule has 6 nitrogen and oxygen atoms in total. The highest BCUT2D eigenvalue weighted by atomic mass is 32.1. The molecule has 100 valence electrons. The summed E-state index contributed by atoms with van der Waals surface area (Å²) in [5.41, 5.74) is 4.95. The number of nitrogens with two attached hydrogens (primary N) is 1. The number of hydrogen-bond acceptors (Lipinski definition) is 5. The molecule has 7 heteroatoms. The molecule has 0 aliphatic rings. The SMILES string of the molecule is CCC(C)(N)C(=O)NCCc1nc(C(=O)O)cs1. The van der Waals surface area contributed by atoms with E-state index in [1.54, 1.807) is 6.92 Å². The van der Waals surface area contributed by atoms with E-state index in [2.05, 4.69) is 10.3 Å². The van der Waals surface area contributed by atoms with Gasteiger partial charge < -0.3 is 16.2 Å². The Morgan fingerprint density at radius 2 is 2.28 bits per heavy atom. The van der Waals surface area contributed by atoms with E-state index in [9.17, 15) is 9.59 Å². The van der Waals surface area contributed by atoms with Crippen LogP contribution in [0.5, 0.6) is 0 Å². The number of aromatic nitrogens is 1. The number of amides is 1. The molecule has 0 saturated carbocycles. The van der Waals surface area contributed by atoms with E-state index < -0.39 is 11.5 Å². The van der Waals surface area contributed by atoms with Gasteiger partial charge in [0.05, 0.1) is 10.5 Å². The van der Waals surface area contributed by atoms with Crippen LogP contribution in [0, 0.1) is 0 Å². The Balaban J connectivity index is 2.42. The quantitative estimate of drug-likeness (QED) is 0.703. The van der Waals surface area contributed by atoms with E-state index in [1.807, 2.05) is 6.92 Å². The molecule has 0 radical (unpaired) electrons. The smallest absolute Gasteiger partial charge is 0.355 e. The number of carbonyl (C=O) groups is 2. The molecule has 1 aromatic rings. The molecule has 0 bridgehead atoms. The number of rotatable bonds is 6. The third-order valence-electron chi connectivity index (χ3n) is 2.65. The van der Waals surface area contributed by atoms with Crippen molar-refractivity contribution in [3.05, 3.63) is 16.1 Å². The van der Waals surface area contributed by atoms with E-state index in [0.717, 1.165) is 0 Å². The minimum Gasteiger partial charge on any atom is -0.476 e. The Morgan fingerprint density at radius 3 is 2.78 bits per heavy atom. The first-order valence-electron chi connectivity index (χ1n) is 5.61. The van der Waals surface area contributed by atoms with Crippen molar-refractivity contribution in [2.24, 2.45) is 5.73 Å². The van der Waals surface area contributed by atoms with Crippen molar-refractivity contribution in [3.8, 4) is 0 Å². The summed E-state index contributed by atoms with van der Waals surface area (Å²) in [6.45, 7) is 3.92. The van der Waals surface area contributed by atoms with Crippen LogP contribution >= 0.6 is 11.3 Å². The van der Waals surface area contributed by atoms with E-state index in [1.165, 1.54) is 16.7 Å². The van der Waals surface area contributed by atoms with Crippen LogP contribution < -0.4 is 11.1 Å². The van der Waals surface area contributed by atoms with Crippen LogP contribution in [0.4, 0.5) is 0 Å². The molecule has 0 saturated heterocycles. The van der Waals surface area contributed by atoms with Gasteiger partial charge in [-0.05, 0) is 13.3 Å². The van der Waals surface area contributed by atoms with Gasteiger partial charge in [0.15, 0.2) is 5.69 Å². The van der Waals surface area contributed by atoms with Crippen molar-refractivity contribution < 1.29 is 14.7 Å². The first-order chi connectivity index (χ1) is 8.36. The van der Waals surface area contributed by atoms with Crippen LogP contribution in [-0.2, 0) is 11.2 Å². The lowest BCUT2D eigenvalue weighted by molar-refractivity contribution is -0.125. The van der Waals surface area contributed by atoms with Gasteiger partial charge in [-0.3, -0.25) is 4.79 Å². The van der Waals surface area contributed by atoms with Crippen molar-refractivity contribution in [3.63, 3.8) is 0 Å². The van der Waals surface area contributed by atoms with Crippen molar-refractivity contribution >= 4 is 23.2 Å². The molecule has 0 spiro atoms. The molecular formula is C11H17N3O3S. The molecule has 0 aromatic carbocycles. The fourth-order valence-electron chi connectivity index (χ4n) is 1.17. The average molecular weight is 271 g/mol. The Hall–Kier alpha value is -1.47. The number of aromatic carboxylic acids is 1. The number of carboxylic acids is 1. The first kappa shape index (κ1) is 14.6. The van der Waals surface area contributed by atoms with Crippen LogP contribution in [0.1, 0.15) is 35.8 Å². The zero-order chi connectivity index (χ0) is 13.8. The second-order valence-corrected chi connectivity index (χ2v) is 5.15. The number of nitrogens with one attached hydrogen (secondary N) is 1. The number of carbonyl (C=O) groups excluding carboxylic acids is 1. The highest BCUT2D eigenvalue weighted by molar-refractivity contribution is 7.09. The average Bonchev–Trinajstić information content (AvgIpc) is 2.77. The number of carboxylic acid groups (broad SMARTS) is 1. The van der Waals surface area contributed by atoms with Gasteiger partial charge in [0.2, 0.25) is 5.91 Å². The molecule has 0 aliphatic carbocycles. The second-order valence-electron chi connectivity index (χ2n) is 4.21. The molecule has 1 heterocycles. The van der Waals surface area contributed by atoms with Gasteiger partial charge in [-0.25, -0.2) is 9.78 Å². The molecule has 18 heavy (non-hydrogen) atoms. The van der Waals surface area contributed by atoms with Crippen LogP contribution in [0.25, 0.3) is 0 Å². The molecule has 0 aliphatic heterocycles. The zero-order valence-corrected chi connectivity index (χ0v) is 11.2. The lowest BCUT2D eigenvalue weighted by Gasteiger charge is -2.21. The lowest BCUT2D eigenvalue weighted by Crippen LogP contribution is -2.51. The maximum Gasteiger partial charge on any atom is 0.355 e. The maximum absolute atomic E-state index is 11.7. The van der Waals surface area contributed by atoms with E-state index in [4.69, 9.17) is 10.8 Å². The molecule has 1 atom stereocenters. The van der Waals surface area contributed by atoms with E-state index >= 15 is 0 Å². The lowest BCUT2D eigenvalue weighted by atomic mass is 10.00. The van der Waals surface area contributed by atoms with Crippen LogP contribution in [-0.4, -0.2) is 34.1 Å². The molecular weight excluding hydrogens is 254 g/mol. The Bertz CT molecular complexity index is 442. The summed E-state index contributed by atoms with van der Waals surface area (Å²) in [7, 11) is 0. The summed E-state index contributed by atoms with van der Waals surface area (Å²) in [5.74, 6) is -1.25. The van der Waals surface area contributed by atoms with Gasteiger partial charge in [0, 0.05) is 18.3 Å². The third kappa shape index (κ3) is 3.78. The molecule has 1 amide bonds. The summed E-state index contributed by atoms with van der Waals surface area (Å²) < 4.78 is 0. The Morgan fingerprint density at radius 1 is 1.61 bits per heavy atom. The van der Waals surface area contributed by atoms with Gasteiger partial charge in [-0.15, -0.1) is 11.3 Å². The van der Waals surface area contributed by atoms with Gasteiger partial charge >= 0.3 is 5.97 Å². The monoisotopic (exact) mass is 271 g/mol. The highest BCUT2D eigenvalue weighted by Crippen LogP contribution is 2.10. The maximum atomic E-state index is 11.7. The third-order valence-corrected chi connectivity index (χ3v) is 3.56. The van der Waals surface area contributed by atoms with Gasteiger partial charge in [-0.1, -0.05) is 6.92 Å². The second kappa shape index (κ2) is 5.92. The molecule has 1 rings (SSSR count). The van der Waals surface area contributed by atoms with Crippen LogP contribution in [0.15, 0.2) is 5.38 Å². The van der Waals surface area contributed by atoms with E-state index in [0.29, 0.717) is 24.4 Å². The Kier molecular flexibility index (Phi) is 4.80. The predicted molar refractivity (Wildman–Crippen MR) is 68.7 cm³/mol. The largest absolute Gasteiger partial charge is 0.476 e. The van der Waals surface area contributed by atoms with Gasteiger partial charge in [0.1, 0.15) is 0 Å². The van der Waals surface area contributed by atoms with Gasteiger partial charge in [-0.2, -0.15) is 0 Å². The zero-order valence-electron chi connectivity index (χ0n) is 10.4. The summed E-state index contributed by atoms with van der Waals surface area (Å²) in [5, 5.41) is 13.6. The first-order valence-corrected chi connectivity index (χ1v) is 6.49. The fraction of sp³-hybridized carbons (Fsp3) is 0.545.